The third kappa shape index (κ3) is 5.28. The van der Waals surface area contributed by atoms with Crippen LogP contribution in [0.3, 0.4) is 0 Å². The number of nitrogens with one attached hydrogen (secondary N) is 3. The van der Waals surface area contributed by atoms with Crippen LogP contribution in [0.25, 0.3) is 22.3 Å². The Morgan fingerprint density at radius 3 is 2.33 bits per heavy atom. The van der Waals surface area contributed by atoms with Crippen LogP contribution in [0, 0.1) is 18.2 Å². The van der Waals surface area contributed by atoms with E-state index in [0.29, 0.717) is 41.0 Å². The number of hydrogen-bond acceptors (Lipinski definition) is 7. The molecular weight excluding hydrogens is 535 g/mol. The minimum Gasteiger partial charge on any atom is -0.325 e. The van der Waals surface area contributed by atoms with Gasteiger partial charge in [-0.3, -0.25) is 9.59 Å². The van der Waals surface area contributed by atoms with Crippen molar-refractivity contribution in [1.82, 2.24) is 25.0 Å². The fourth-order valence-corrected chi connectivity index (χ4v) is 4.77. The molecule has 0 unspecified atom stereocenters. The minimum atomic E-state index is -1.08. The zero-order valence-electron chi connectivity index (χ0n) is 23.4. The summed E-state index contributed by atoms with van der Waals surface area (Å²) >= 11 is 0. The molecule has 0 radical (unpaired) electrons. The molecule has 11 heteroatoms. The SMILES string of the molecule is Cc1cccc(NC(=O)C2(C(=O)Nc3ccc(Nc4ncc(F)c(-c5ccc6nnn(C(C)C)c6c5)n4)cc3)CC2)c1. The molecule has 2 aromatic heterocycles. The largest absolute Gasteiger partial charge is 0.325 e. The summed E-state index contributed by atoms with van der Waals surface area (Å²) in [6.45, 7) is 5.94. The molecule has 2 amide bonds. The van der Waals surface area contributed by atoms with Gasteiger partial charge in [0.05, 0.1) is 11.7 Å². The second-order valence-corrected chi connectivity index (χ2v) is 10.8. The lowest BCUT2D eigenvalue weighted by Crippen LogP contribution is -2.35. The number of aryl methyl sites for hydroxylation is 1. The Kier molecular flexibility index (Phi) is 6.85. The van der Waals surface area contributed by atoms with Gasteiger partial charge in [0.1, 0.15) is 16.6 Å². The summed E-state index contributed by atoms with van der Waals surface area (Å²) in [5.41, 5.74) is 4.02. The minimum absolute atomic E-state index is 0.0936. The van der Waals surface area contributed by atoms with E-state index in [2.05, 4.69) is 36.2 Å². The number of fused-ring (bicyclic) bond motifs is 1. The third-order valence-electron chi connectivity index (χ3n) is 7.27. The van der Waals surface area contributed by atoms with Crippen LogP contribution in [0.15, 0.2) is 72.9 Å². The monoisotopic (exact) mass is 564 g/mol. The molecule has 0 saturated heterocycles. The van der Waals surface area contributed by atoms with Crippen LogP contribution in [0.4, 0.5) is 27.4 Å². The first-order chi connectivity index (χ1) is 20.2. The van der Waals surface area contributed by atoms with Gasteiger partial charge in [-0.15, -0.1) is 5.10 Å². The first kappa shape index (κ1) is 27.0. The van der Waals surface area contributed by atoms with Gasteiger partial charge in [-0.25, -0.2) is 19.0 Å². The number of carbonyl (C=O) groups is 2. The molecule has 1 fully saturated rings. The molecule has 3 N–H and O–H groups in total. The van der Waals surface area contributed by atoms with E-state index in [4.69, 9.17) is 0 Å². The molecule has 0 spiro atoms. The lowest BCUT2D eigenvalue weighted by molar-refractivity contribution is -0.131. The molecule has 10 nitrogen and oxygen atoms in total. The summed E-state index contributed by atoms with van der Waals surface area (Å²) in [7, 11) is 0. The zero-order chi connectivity index (χ0) is 29.4. The summed E-state index contributed by atoms with van der Waals surface area (Å²) in [6.07, 6.45) is 2.10. The smallest absolute Gasteiger partial charge is 0.240 e. The van der Waals surface area contributed by atoms with E-state index < -0.39 is 11.2 Å². The highest BCUT2D eigenvalue weighted by Gasteiger charge is 2.56. The van der Waals surface area contributed by atoms with E-state index in [1.807, 2.05) is 45.0 Å². The molecule has 6 rings (SSSR count). The number of carbonyl (C=O) groups excluding carboxylic acids is 2. The standard InChI is InChI=1S/C31H29FN8O2/c1-18(2)40-26-16-20(7-12-25(26)38-39-40)27-24(32)17-33-30(37-27)36-22-10-8-21(9-11-22)34-28(41)31(13-14-31)29(42)35-23-6-4-5-19(3)15-23/h4-12,15-18H,13-14H2,1-3H3,(H,34,41)(H,35,42)(H,33,36,37). The second kappa shape index (κ2) is 10.7. The Balaban J connectivity index is 1.14. The van der Waals surface area contributed by atoms with E-state index in [-0.39, 0.29) is 29.5 Å². The van der Waals surface area contributed by atoms with Crippen LogP contribution in [0.5, 0.6) is 0 Å². The molecule has 0 atom stereocenters. The normalized spacial score (nSPS) is 13.6. The highest BCUT2D eigenvalue weighted by atomic mass is 19.1. The first-order valence-corrected chi connectivity index (χ1v) is 13.7. The Labute approximate surface area is 241 Å². The van der Waals surface area contributed by atoms with Crippen molar-refractivity contribution >= 4 is 45.9 Å². The molecule has 2 heterocycles. The van der Waals surface area contributed by atoms with Gasteiger partial charge in [-0.1, -0.05) is 23.4 Å². The van der Waals surface area contributed by atoms with Gasteiger partial charge in [0.15, 0.2) is 5.82 Å². The van der Waals surface area contributed by atoms with Crippen LogP contribution in [0.1, 0.15) is 38.3 Å². The molecule has 1 aliphatic carbocycles. The van der Waals surface area contributed by atoms with Crippen LogP contribution in [-0.2, 0) is 9.59 Å². The number of rotatable bonds is 8. The lowest BCUT2D eigenvalue weighted by Gasteiger charge is -2.16. The van der Waals surface area contributed by atoms with Gasteiger partial charge in [0, 0.05) is 28.7 Å². The highest BCUT2D eigenvalue weighted by molar-refractivity contribution is 6.17. The number of amides is 2. The average molecular weight is 565 g/mol. The summed E-state index contributed by atoms with van der Waals surface area (Å²) in [4.78, 5) is 34.5. The summed E-state index contributed by atoms with van der Waals surface area (Å²) in [5, 5.41) is 17.1. The number of halogens is 1. The van der Waals surface area contributed by atoms with Crippen molar-refractivity contribution in [2.45, 2.75) is 39.7 Å². The summed E-state index contributed by atoms with van der Waals surface area (Å²) in [5.74, 6) is -0.992. The molecule has 5 aromatic rings. The van der Waals surface area contributed by atoms with Crippen LogP contribution >= 0.6 is 0 Å². The van der Waals surface area contributed by atoms with Gasteiger partial charge >= 0.3 is 0 Å². The van der Waals surface area contributed by atoms with Crippen LogP contribution < -0.4 is 16.0 Å². The van der Waals surface area contributed by atoms with Crippen molar-refractivity contribution in [3.05, 3.63) is 84.3 Å². The maximum Gasteiger partial charge on any atom is 0.240 e. The zero-order valence-corrected chi connectivity index (χ0v) is 23.4. The second-order valence-electron chi connectivity index (χ2n) is 10.8. The fraction of sp³-hybridized carbons (Fsp3) is 0.226. The third-order valence-corrected chi connectivity index (χ3v) is 7.27. The van der Waals surface area contributed by atoms with Gasteiger partial charge in [-0.05, 0) is 87.7 Å². The van der Waals surface area contributed by atoms with Crippen molar-refractivity contribution in [1.29, 1.82) is 0 Å². The molecule has 1 aliphatic rings. The number of aromatic nitrogens is 5. The van der Waals surface area contributed by atoms with E-state index in [0.717, 1.165) is 17.3 Å². The van der Waals surface area contributed by atoms with Gasteiger partial charge in [0.25, 0.3) is 0 Å². The molecule has 1 saturated carbocycles. The average Bonchev–Trinajstić information content (AvgIpc) is 3.68. The van der Waals surface area contributed by atoms with Crippen molar-refractivity contribution in [2.24, 2.45) is 5.41 Å². The molecule has 42 heavy (non-hydrogen) atoms. The van der Waals surface area contributed by atoms with Crippen molar-refractivity contribution in [2.75, 3.05) is 16.0 Å². The topological polar surface area (TPSA) is 127 Å². The van der Waals surface area contributed by atoms with Crippen molar-refractivity contribution in [3.8, 4) is 11.3 Å². The number of benzene rings is 3. The summed E-state index contributed by atoms with van der Waals surface area (Å²) < 4.78 is 16.6. The van der Waals surface area contributed by atoms with Gasteiger partial charge in [0.2, 0.25) is 17.8 Å². The van der Waals surface area contributed by atoms with E-state index >= 15 is 0 Å². The molecule has 0 bridgehead atoms. The van der Waals surface area contributed by atoms with Crippen molar-refractivity contribution < 1.29 is 14.0 Å². The first-order valence-electron chi connectivity index (χ1n) is 13.7. The van der Waals surface area contributed by atoms with Gasteiger partial charge in [-0.2, -0.15) is 0 Å². The van der Waals surface area contributed by atoms with Crippen LogP contribution in [-0.4, -0.2) is 36.8 Å². The quantitative estimate of drug-likeness (QED) is 0.197. The Hall–Kier alpha value is -5.19. The number of nitrogens with zero attached hydrogens (tertiary/aromatic N) is 5. The Morgan fingerprint density at radius 1 is 0.929 bits per heavy atom. The lowest BCUT2D eigenvalue weighted by atomic mass is 10.0. The van der Waals surface area contributed by atoms with Crippen LogP contribution in [0.2, 0.25) is 0 Å². The summed E-state index contributed by atoms with van der Waals surface area (Å²) in [6, 6.07) is 19.8. The molecule has 212 valence electrons. The maximum absolute atomic E-state index is 14.8. The van der Waals surface area contributed by atoms with E-state index in [1.165, 1.54) is 0 Å². The van der Waals surface area contributed by atoms with E-state index in [1.54, 1.807) is 47.1 Å². The predicted molar refractivity (Wildman–Crippen MR) is 159 cm³/mol. The molecule has 3 aromatic carbocycles. The van der Waals surface area contributed by atoms with E-state index in [9.17, 15) is 14.0 Å². The number of anilines is 4. The highest BCUT2D eigenvalue weighted by Crippen LogP contribution is 2.47. The van der Waals surface area contributed by atoms with Gasteiger partial charge < -0.3 is 16.0 Å². The fourth-order valence-electron chi connectivity index (χ4n) is 4.77. The Morgan fingerprint density at radius 2 is 1.64 bits per heavy atom. The molecular formula is C31H29FN8O2. The number of hydrogen-bond donors (Lipinski definition) is 3. The van der Waals surface area contributed by atoms with Crippen molar-refractivity contribution in [3.63, 3.8) is 0 Å². The Bertz CT molecular complexity index is 1810. The maximum atomic E-state index is 14.8. The predicted octanol–water partition coefficient (Wildman–Crippen LogP) is 6.02. The molecule has 0 aliphatic heterocycles.